The highest BCUT2D eigenvalue weighted by Crippen LogP contribution is 2.30. The van der Waals surface area contributed by atoms with Crippen molar-refractivity contribution in [2.45, 2.75) is 90.8 Å². The fraction of sp³-hybridized carbons (Fsp3) is 0.556. The molecule has 4 unspecified atom stereocenters. The van der Waals surface area contributed by atoms with E-state index in [-0.39, 0.29) is 12.0 Å². The minimum atomic E-state index is -0.753. The number of hydrogen-bond acceptors (Lipinski definition) is 5. The summed E-state index contributed by atoms with van der Waals surface area (Å²) >= 11 is 0. The van der Waals surface area contributed by atoms with E-state index < -0.39 is 29.8 Å². The molecular weight excluding hydrogens is 418 g/mol. The summed E-state index contributed by atoms with van der Waals surface area (Å²) in [6.45, 7) is 13.6. The molecule has 0 aliphatic carbocycles. The number of rotatable bonds is 7. The second kappa shape index (κ2) is 12.6. The molecule has 1 N–H and O–H groups in total. The predicted molar refractivity (Wildman–Crippen MR) is 130 cm³/mol. The molecule has 1 heterocycles. The molecule has 6 nitrogen and oxygen atoms in total. The van der Waals surface area contributed by atoms with Crippen LogP contribution in [0.15, 0.2) is 54.6 Å². The van der Waals surface area contributed by atoms with Gasteiger partial charge >= 0.3 is 12.1 Å². The summed E-state index contributed by atoms with van der Waals surface area (Å²) in [4.78, 5) is 25.2. The van der Waals surface area contributed by atoms with E-state index in [4.69, 9.17) is 14.2 Å². The predicted octanol–water partition coefficient (Wildman–Crippen LogP) is 5.72. The highest BCUT2D eigenvalue weighted by molar-refractivity contribution is 5.81. The Morgan fingerprint density at radius 3 is 2.55 bits per heavy atom. The maximum Gasteiger partial charge on any atom is 0.408 e. The van der Waals surface area contributed by atoms with E-state index in [1.807, 2.05) is 50.3 Å². The zero-order valence-corrected chi connectivity index (χ0v) is 20.6. The molecule has 0 radical (unpaired) electrons. The van der Waals surface area contributed by atoms with Crippen molar-refractivity contribution in [1.82, 2.24) is 5.32 Å². The van der Waals surface area contributed by atoms with Crippen molar-refractivity contribution < 1.29 is 23.8 Å². The molecular formula is C27H39NO5. The van der Waals surface area contributed by atoms with Crippen LogP contribution in [0.5, 0.6) is 0 Å². The number of cyclic esters (lactones) is 1. The molecule has 33 heavy (non-hydrogen) atoms. The summed E-state index contributed by atoms with van der Waals surface area (Å²) in [5.74, 6) is -0.321. The van der Waals surface area contributed by atoms with Crippen molar-refractivity contribution in [2.24, 2.45) is 5.92 Å². The number of esters is 1. The molecule has 0 aromatic heterocycles. The van der Waals surface area contributed by atoms with Crippen LogP contribution in [0.1, 0.15) is 65.9 Å². The second-order valence-corrected chi connectivity index (χ2v) is 9.56. The van der Waals surface area contributed by atoms with Crippen LogP contribution in [0.3, 0.4) is 0 Å². The zero-order valence-electron chi connectivity index (χ0n) is 20.6. The third-order valence-electron chi connectivity index (χ3n) is 5.69. The van der Waals surface area contributed by atoms with Gasteiger partial charge in [-0.2, -0.15) is 0 Å². The SMILES string of the molecule is C=CC(=CC)CC1CCCC(NC(=O)OC(C)(C)C)C(=O)OC(C)C1OCc1ccccc1. The third-order valence-corrected chi connectivity index (χ3v) is 5.69. The Kier molecular flexibility index (Phi) is 10.2. The molecule has 1 fully saturated rings. The van der Waals surface area contributed by atoms with Crippen LogP contribution < -0.4 is 5.32 Å². The number of amides is 1. The van der Waals surface area contributed by atoms with Gasteiger partial charge in [0.25, 0.3) is 0 Å². The molecule has 2 rings (SSSR count). The van der Waals surface area contributed by atoms with E-state index in [1.54, 1.807) is 20.8 Å². The fourth-order valence-corrected chi connectivity index (χ4v) is 4.04. The van der Waals surface area contributed by atoms with Gasteiger partial charge in [-0.3, -0.25) is 0 Å². The zero-order chi connectivity index (χ0) is 24.4. The molecule has 1 amide bonds. The molecule has 4 atom stereocenters. The second-order valence-electron chi connectivity index (χ2n) is 9.56. The molecule has 1 aliphatic rings. The van der Waals surface area contributed by atoms with Crippen LogP contribution in [0, 0.1) is 5.92 Å². The highest BCUT2D eigenvalue weighted by atomic mass is 16.6. The van der Waals surface area contributed by atoms with Gasteiger partial charge in [0, 0.05) is 0 Å². The Labute approximate surface area is 198 Å². The lowest BCUT2D eigenvalue weighted by molar-refractivity contribution is -0.161. The minimum Gasteiger partial charge on any atom is -0.458 e. The molecule has 182 valence electrons. The van der Waals surface area contributed by atoms with Gasteiger partial charge in [0.2, 0.25) is 0 Å². The van der Waals surface area contributed by atoms with Crippen molar-refractivity contribution in [1.29, 1.82) is 0 Å². The maximum absolute atomic E-state index is 12.9. The van der Waals surface area contributed by atoms with Crippen LogP contribution in [-0.2, 0) is 25.6 Å². The van der Waals surface area contributed by atoms with Gasteiger partial charge < -0.3 is 19.5 Å². The number of carbonyl (C=O) groups excluding carboxylic acids is 2. The standard InChI is InChI=1S/C27H39NO5/c1-7-20(8-2)17-22-15-12-16-23(28-26(30)33-27(4,5)6)25(29)32-19(3)24(22)31-18-21-13-10-9-11-14-21/h7-11,13-14,19,22-24H,1,12,15-18H2,2-6H3,(H,28,30). The number of nitrogens with one attached hydrogen (secondary N) is 1. The number of ether oxygens (including phenoxy) is 3. The first-order valence-electron chi connectivity index (χ1n) is 11.8. The van der Waals surface area contributed by atoms with Gasteiger partial charge in [0.1, 0.15) is 17.7 Å². The quantitative estimate of drug-likeness (QED) is 0.419. The van der Waals surface area contributed by atoms with Crippen molar-refractivity contribution >= 4 is 12.1 Å². The van der Waals surface area contributed by atoms with E-state index in [0.717, 1.165) is 30.4 Å². The number of benzene rings is 1. The molecule has 6 heteroatoms. The molecule has 0 spiro atoms. The summed E-state index contributed by atoms with van der Waals surface area (Å²) in [7, 11) is 0. The van der Waals surface area contributed by atoms with E-state index in [1.165, 1.54) is 0 Å². The van der Waals surface area contributed by atoms with Crippen molar-refractivity contribution in [3.8, 4) is 0 Å². The highest BCUT2D eigenvalue weighted by Gasteiger charge is 2.35. The van der Waals surface area contributed by atoms with Crippen LogP contribution in [-0.4, -0.2) is 35.9 Å². The van der Waals surface area contributed by atoms with Gasteiger partial charge in [-0.05, 0) is 65.4 Å². The summed E-state index contributed by atoms with van der Waals surface area (Å²) in [6.07, 6.45) is 5.37. The van der Waals surface area contributed by atoms with Gasteiger partial charge in [-0.25, -0.2) is 9.59 Å². The Bertz CT molecular complexity index is 812. The average molecular weight is 458 g/mol. The normalized spacial score (nSPS) is 24.6. The average Bonchev–Trinajstić information content (AvgIpc) is 2.79. The topological polar surface area (TPSA) is 73.9 Å². The Morgan fingerprint density at radius 1 is 1.24 bits per heavy atom. The van der Waals surface area contributed by atoms with Gasteiger partial charge in [0.15, 0.2) is 0 Å². The molecule has 1 aromatic rings. The van der Waals surface area contributed by atoms with Crippen molar-refractivity contribution in [3.63, 3.8) is 0 Å². The number of allylic oxidation sites excluding steroid dienone is 3. The minimum absolute atomic E-state index is 0.140. The van der Waals surface area contributed by atoms with Crippen LogP contribution in [0.25, 0.3) is 0 Å². The van der Waals surface area contributed by atoms with Gasteiger partial charge in [-0.1, -0.05) is 61.1 Å². The summed E-state index contributed by atoms with van der Waals surface area (Å²) < 4.78 is 17.5. The Hall–Kier alpha value is -2.60. The first kappa shape index (κ1) is 26.7. The lowest BCUT2D eigenvalue weighted by atomic mass is 9.86. The van der Waals surface area contributed by atoms with E-state index in [9.17, 15) is 9.59 Å². The monoisotopic (exact) mass is 457 g/mol. The fourth-order valence-electron chi connectivity index (χ4n) is 4.04. The van der Waals surface area contributed by atoms with Crippen LogP contribution in [0.2, 0.25) is 0 Å². The Morgan fingerprint density at radius 2 is 1.94 bits per heavy atom. The number of alkyl carbamates (subject to hydrolysis) is 1. The lowest BCUT2D eigenvalue weighted by Gasteiger charge is -2.31. The van der Waals surface area contributed by atoms with Gasteiger partial charge in [0.05, 0.1) is 12.7 Å². The lowest BCUT2D eigenvalue weighted by Crippen LogP contribution is -2.46. The third kappa shape index (κ3) is 9.04. The molecule has 1 aromatic carbocycles. The van der Waals surface area contributed by atoms with Crippen molar-refractivity contribution in [3.05, 3.63) is 60.2 Å². The largest absolute Gasteiger partial charge is 0.458 e. The Balaban J connectivity index is 2.18. The van der Waals surface area contributed by atoms with Gasteiger partial charge in [-0.15, -0.1) is 0 Å². The first-order chi connectivity index (χ1) is 15.6. The summed E-state index contributed by atoms with van der Waals surface area (Å²) in [5.41, 5.74) is 1.55. The number of carbonyl (C=O) groups is 2. The summed E-state index contributed by atoms with van der Waals surface area (Å²) in [5, 5.41) is 2.69. The molecule has 1 saturated heterocycles. The number of hydrogen-bond donors (Lipinski definition) is 1. The molecule has 1 aliphatic heterocycles. The van der Waals surface area contributed by atoms with E-state index >= 15 is 0 Å². The first-order valence-corrected chi connectivity index (χ1v) is 11.8. The maximum atomic E-state index is 12.9. The summed E-state index contributed by atoms with van der Waals surface area (Å²) in [6, 6.07) is 9.20. The van der Waals surface area contributed by atoms with Crippen LogP contribution in [0.4, 0.5) is 4.79 Å². The van der Waals surface area contributed by atoms with E-state index in [0.29, 0.717) is 13.0 Å². The van der Waals surface area contributed by atoms with Crippen LogP contribution >= 0.6 is 0 Å². The molecule has 0 bridgehead atoms. The smallest absolute Gasteiger partial charge is 0.408 e. The van der Waals surface area contributed by atoms with Crippen molar-refractivity contribution in [2.75, 3.05) is 0 Å². The van der Waals surface area contributed by atoms with E-state index in [2.05, 4.69) is 18.0 Å². The molecule has 0 saturated carbocycles.